The number of hydrogen-bond acceptors (Lipinski definition) is 3. The molecule has 1 heterocycles. The third-order valence-electron chi connectivity index (χ3n) is 2.04. The molecule has 1 aromatic carbocycles. The first-order valence-electron chi connectivity index (χ1n) is 4.70. The van der Waals surface area contributed by atoms with Crippen LogP contribution in [0.5, 0.6) is 0 Å². The van der Waals surface area contributed by atoms with Gasteiger partial charge in [0.25, 0.3) is 0 Å². The SMILES string of the molecule is NCCc1cnc(-c2ccc(F)cc2)s1. The smallest absolute Gasteiger partial charge is 0.123 e. The molecule has 0 aliphatic heterocycles. The molecule has 2 aromatic rings. The van der Waals surface area contributed by atoms with Crippen LogP contribution in [0.2, 0.25) is 0 Å². The first-order chi connectivity index (χ1) is 7.29. The lowest BCUT2D eigenvalue weighted by molar-refractivity contribution is 0.628. The number of hydrogen-bond donors (Lipinski definition) is 1. The van der Waals surface area contributed by atoms with Crippen LogP contribution >= 0.6 is 11.3 Å². The topological polar surface area (TPSA) is 38.9 Å². The Balaban J connectivity index is 2.25. The van der Waals surface area contributed by atoms with E-state index in [-0.39, 0.29) is 5.82 Å². The van der Waals surface area contributed by atoms with Gasteiger partial charge in [0.05, 0.1) is 0 Å². The Morgan fingerprint density at radius 2 is 2.00 bits per heavy atom. The number of benzene rings is 1. The van der Waals surface area contributed by atoms with E-state index in [1.807, 2.05) is 6.20 Å². The molecule has 78 valence electrons. The summed E-state index contributed by atoms with van der Waals surface area (Å²) in [5, 5.41) is 0.915. The molecule has 0 saturated carbocycles. The van der Waals surface area contributed by atoms with Crippen LogP contribution in [0.15, 0.2) is 30.5 Å². The molecule has 2 N–H and O–H groups in total. The first-order valence-corrected chi connectivity index (χ1v) is 5.52. The largest absolute Gasteiger partial charge is 0.330 e. The Hall–Kier alpha value is -1.26. The highest BCUT2D eigenvalue weighted by Gasteiger charge is 2.03. The van der Waals surface area contributed by atoms with Gasteiger partial charge in [0.1, 0.15) is 10.8 Å². The predicted molar refractivity (Wildman–Crippen MR) is 60.3 cm³/mol. The molecule has 0 saturated heterocycles. The van der Waals surface area contributed by atoms with Crippen molar-refractivity contribution >= 4 is 11.3 Å². The summed E-state index contributed by atoms with van der Waals surface area (Å²) in [6.07, 6.45) is 2.68. The standard InChI is InChI=1S/C11H11FN2S/c12-9-3-1-8(2-4-9)11-14-7-10(15-11)5-6-13/h1-4,7H,5-6,13H2. The minimum absolute atomic E-state index is 0.225. The van der Waals surface area contributed by atoms with Gasteiger partial charge in [0, 0.05) is 16.6 Å². The maximum absolute atomic E-state index is 12.7. The molecule has 2 rings (SSSR count). The lowest BCUT2D eigenvalue weighted by Gasteiger charge is -1.94. The minimum atomic E-state index is -0.225. The van der Waals surface area contributed by atoms with Crippen molar-refractivity contribution in [2.24, 2.45) is 5.73 Å². The zero-order valence-electron chi connectivity index (χ0n) is 8.11. The Morgan fingerprint density at radius 3 is 2.67 bits per heavy atom. The summed E-state index contributed by atoms with van der Waals surface area (Å²) < 4.78 is 12.7. The van der Waals surface area contributed by atoms with Crippen molar-refractivity contribution in [1.82, 2.24) is 4.98 Å². The summed E-state index contributed by atoms with van der Waals surface area (Å²) in [5.74, 6) is -0.225. The van der Waals surface area contributed by atoms with E-state index in [4.69, 9.17) is 5.73 Å². The van der Waals surface area contributed by atoms with E-state index < -0.39 is 0 Å². The van der Waals surface area contributed by atoms with Gasteiger partial charge >= 0.3 is 0 Å². The third-order valence-corrected chi connectivity index (χ3v) is 3.14. The van der Waals surface area contributed by atoms with Crippen molar-refractivity contribution in [3.8, 4) is 10.6 Å². The van der Waals surface area contributed by atoms with Crippen LogP contribution in [0.3, 0.4) is 0 Å². The van der Waals surface area contributed by atoms with Crippen molar-refractivity contribution in [1.29, 1.82) is 0 Å². The van der Waals surface area contributed by atoms with Gasteiger partial charge in [0.15, 0.2) is 0 Å². The number of aromatic nitrogens is 1. The molecule has 0 fully saturated rings. The summed E-state index contributed by atoms with van der Waals surface area (Å²) in [4.78, 5) is 5.44. The monoisotopic (exact) mass is 222 g/mol. The normalized spacial score (nSPS) is 10.5. The van der Waals surface area contributed by atoms with Crippen LogP contribution in [0.4, 0.5) is 4.39 Å². The van der Waals surface area contributed by atoms with Gasteiger partial charge in [-0.15, -0.1) is 11.3 Å². The average Bonchev–Trinajstić information content (AvgIpc) is 2.68. The second-order valence-electron chi connectivity index (χ2n) is 3.18. The van der Waals surface area contributed by atoms with E-state index in [9.17, 15) is 4.39 Å². The van der Waals surface area contributed by atoms with Crippen LogP contribution < -0.4 is 5.73 Å². The molecule has 0 unspecified atom stereocenters. The van der Waals surface area contributed by atoms with E-state index in [1.165, 1.54) is 12.1 Å². The lowest BCUT2D eigenvalue weighted by Crippen LogP contribution is -2.00. The van der Waals surface area contributed by atoms with Crippen LogP contribution in [0, 0.1) is 5.82 Å². The van der Waals surface area contributed by atoms with Gasteiger partial charge in [-0.3, -0.25) is 0 Å². The molecule has 15 heavy (non-hydrogen) atoms. The van der Waals surface area contributed by atoms with Gasteiger partial charge in [-0.2, -0.15) is 0 Å². The molecule has 0 spiro atoms. The van der Waals surface area contributed by atoms with E-state index in [1.54, 1.807) is 23.5 Å². The highest BCUT2D eigenvalue weighted by molar-refractivity contribution is 7.15. The maximum atomic E-state index is 12.7. The second kappa shape index (κ2) is 4.51. The quantitative estimate of drug-likeness (QED) is 0.866. The van der Waals surface area contributed by atoms with E-state index in [0.717, 1.165) is 21.9 Å². The summed E-state index contributed by atoms with van der Waals surface area (Å²) in [6.45, 7) is 0.630. The molecule has 2 nitrogen and oxygen atoms in total. The van der Waals surface area contributed by atoms with Gasteiger partial charge < -0.3 is 5.73 Å². The van der Waals surface area contributed by atoms with E-state index in [2.05, 4.69) is 4.98 Å². The molecule has 0 aliphatic carbocycles. The number of nitrogens with zero attached hydrogens (tertiary/aromatic N) is 1. The summed E-state index contributed by atoms with van der Waals surface area (Å²) in [6, 6.07) is 6.36. The van der Waals surface area contributed by atoms with E-state index >= 15 is 0 Å². The summed E-state index contributed by atoms with van der Waals surface area (Å²) in [5.41, 5.74) is 6.41. The average molecular weight is 222 g/mol. The Morgan fingerprint density at radius 1 is 1.27 bits per heavy atom. The number of halogens is 1. The second-order valence-corrected chi connectivity index (χ2v) is 4.29. The Bertz CT molecular complexity index is 436. The summed E-state index contributed by atoms with van der Waals surface area (Å²) in [7, 11) is 0. The van der Waals surface area contributed by atoms with Gasteiger partial charge in [-0.05, 0) is 37.2 Å². The predicted octanol–water partition coefficient (Wildman–Crippen LogP) is 2.45. The van der Waals surface area contributed by atoms with Crippen molar-refractivity contribution in [2.45, 2.75) is 6.42 Å². The fourth-order valence-electron chi connectivity index (χ4n) is 1.29. The zero-order valence-corrected chi connectivity index (χ0v) is 8.93. The number of nitrogens with two attached hydrogens (primary N) is 1. The van der Waals surface area contributed by atoms with Gasteiger partial charge in [0.2, 0.25) is 0 Å². The number of thiazole rings is 1. The van der Waals surface area contributed by atoms with Crippen molar-refractivity contribution in [3.05, 3.63) is 41.2 Å². The molecular weight excluding hydrogens is 211 g/mol. The van der Waals surface area contributed by atoms with Gasteiger partial charge in [-0.25, -0.2) is 9.37 Å². The molecule has 4 heteroatoms. The molecule has 0 aliphatic rings. The highest BCUT2D eigenvalue weighted by atomic mass is 32.1. The number of rotatable bonds is 3. The van der Waals surface area contributed by atoms with Crippen LogP contribution in [-0.4, -0.2) is 11.5 Å². The summed E-state index contributed by atoms with van der Waals surface area (Å²) >= 11 is 1.60. The fraction of sp³-hybridized carbons (Fsp3) is 0.182. The first kappa shape index (κ1) is 10.3. The lowest BCUT2D eigenvalue weighted by atomic mass is 10.2. The van der Waals surface area contributed by atoms with Crippen molar-refractivity contribution in [2.75, 3.05) is 6.54 Å². The van der Waals surface area contributed by atoms with Crippen LogP contribution in [0.25, 0.3) is 10.6 Å². The fourth-order valence-corrected chi connectivity index (χ4v) is 2.22. The van der Waals surface area contributed by atoms with Crippen LogP contribution in [-0.2, 0) is 6.42 Å². The molecule has 0 atom stereocenters. The van der Waals surface area contributed by atoms with Gasteiger partial charge in [-0.1, -0.05) is 0 Å². The van der Waals surface area contributed by atoms with Crippen LogP contribution in [0.1, 0.15) is 4.88 Å². The molecule has 0 bridgehead atoms. The molecule has 0 radical (unpaired) electrons. The van der Waals surface area contributed by atoms with E-state index in [0.29, 0.717) is 6.54 Å². The minimum Gasteiger partial charge on any atom is -0.330 e. The molecule has 1 aromatic heterocycles. The maximum Gasteiger partial charge on any atom is 0.123 e. The zero-order chi connectivity index (χ0) is 10.7. The third kappa shape index (κ3) is 2.40. The molecular formula is C11H11FN2S. The highest BCUT2D eigenvalue weighted by Crippen LogP contribution is 2.25. The van der Waals surface area contributed by atoms with Crippen molar-refractivity contribution in [3.63, 3.8) is 0 Å². The van der Waals surface area contributed by atoms with Crippen molar-refractivity contribution < 1.29 is 4.39 Å². The Kier molecular flexibility index (Phi) is 3.08. The molecule has 0 amide bonds. The Labute approximate surface area is 91.6 Å².